The van der Waals surface area contributed by atoms with Gasteiger partial charge in [-0.2, -0.15) is 0 Å². The summed E-state index contributed by atoms with van der Waals surface area (Å²) in [6.07, 6.45) is 1.22. The van der Waals surface area contributed by atoms with Crippen LogP contribution < -0.4 is 5.32 Å². The molecule has 1 aromatic rings. The Hall–Kier alpha value is -0.650. The molecule has 0 radical (unpaired) electrons. The summed E-state index contributed by atoms with van der Waals surface area (Å²) in [5, 5.41) is 3.48. The first-order chi connectivity index (χ1) is 8.45. The van der Waals surface area contributed by atoms with Crippen LogP contribution in [-0.2, 0) is 11.3 Å². The van der Waals surface area contributed by atoms with Gasteiger partial charge in [0.15, 0.2) is 0 Å². The van der Waals surface area contributed by atoms with Crippen LogP contribution in [0.25, 0.3) is 0 Å². The highest BCUT2D eigenvalue weighted by molar-refractivity contribution is 5.85. The van der Waals surface area contributed by atoms with Crippen molar-refractivity contribution in [3.8, 4) is 0 Å². The van der Waals surface area contributed by atoms with Crippen molar-refractivity contribution in [3.05, 3.63) is 35.9 Å². The third-order valence-electron chi connectivity index (χ3n) is 3.10. The van der Waals surface area contributed by atoms with E-state index in [1.165, 1.54) is 18.5 Å². The molecule has 3 N–H and O–H groups in total. The van der Waals surface area contributed by atoms with Crippen molar-refractivity contribution in [1.29, 1.82) is 0 Å². The molecule has 0 atom stereocenters. The number of hydrogen-bond acceptors (Lipinski definition) is 3. The zero-order chi connectivity index (χ0) is 11.8. The van der Waals surface area contributed by atoms with Crippen molar-refractivity contribution in [2.24, 2.45) is 0 Å². The van der Waals surface area contributed by atoms with Crippen LogP contribution in [0.15, 0.2) is 30.3 Å². The average molecular weight is 289 g/mol. The Kier molecular flexibility index (Phi) is 10.8. The number of morpholine rings is 1. The molecule has 0 aliphatic carbocycles. The van der Waals surface area contributed by atoms with E-state index < -0.39 is 0 Å². The summed E-state index contributed by atoms with van der Waals surface area (Å²) in [5.74, 6) is 0. The molecule has 4 nitrogen and oxygen atoms in total. The van der Waals surface area contributed by atoms with E-state index in [0.29, 0.717) is 0 Å². The second-order valence-electron chi connectivity index (χ2n) is 4.47. The maximum absolute atomic E-state index is 5.33. The van der Waals surface area contributed by atoms with Gasteiger partial charge in [0.1, 0.15) is 0 Å². The molecule has 5 heteroatoms. The Labute approximate surface area is 121 Å². The molecule has 1 heterocycles. The molecule has 0 saturated carbocycles. The monoisotopic (exact) mass is 288 g/mol. The Balaban J connectivity index is 0.00000162. The third-order valence-corrected chi connectivity index (χ3v) is 3.10. The standard InChI is InChI=1S/C14H22N2O.ClH.H2O/c1-2-5-14(6-3-1)13-15-7-4-8-16-9-11-17-12-10-16;;/h1-3,5-6,15H,4,7-13H2;1H;1H2. The Morgan fingerprint density at radius 1 is 1.11 bits per heavy atom. The maximum atomic E-state index is 5.33. The summed E-state index contributed by atoms with van der Waals surface area (Å²) in [6, 6.07) is 10.6. The Morgan fingerprint density at radius 3 is 2.47 bits per heavy atom. The minimum absolute atomic E-state index is 0. The Morgan fingerprint density at radius 2 is 1.79 bits per heavy atom. The number of nitrogens with one attached hydrogen (secondary N) is 1. The van der Waals surface area contributed by atoms with Crippen molar-refractivity contribution in [2.45, 2.75) is 13.0 Å². The number of hydrogen-bond donors (Lipinski definition) is 1. The fourth-order valence-electron chi connectivity index (χ4n) is 2.08. The van der Waals surface area contributed by atoms with Crippen molar-refractivity contribution >= 4 is 12.4 Å². The van der Waals surface area contributed by atoms with Gasteiger partial charge in [0, 0.05) is 19.6 Å². The molecule has 0 amide bonds. The van der Waals surface area contributed by atoms with E-state index in [1.807, 2.05) is 0 Å². The number of halogens is 1. The lowest BCUT2D eigenvalue weighted by Gasteiger charge is -2.26. The van der Waals surface area contributed by atoms with Crippen LogP contribution in [0.4, 0.5) is 0 Å². The van der Waals surface area contributed by atoms with E-state index in [0.717, 1.165) is 39.4 Å². The molecule has 1 aliphatic rings. The first-order valence-corrected chi connectivity index (χ1v) is 6.50. The summed E-state index contributed by atoms with van der Waals surface area (Å²) in [5.41, 5.74) is 1.36. The maximum Gasteiger partial charge on any atom is 0.0594 e. The molecule has 0 bridgehead atoms. The van der Waals surface area contributed by atoms with E-state index in [4.69, 9.17) is 4.74 Å². The van der Waals surface area contributed by atoms with Crippen molar-refractivity contribution in [1.82, 2.24) is 10.2 Å². The predicted molar refractivity (Wildman–Crippen MR) is 80.9 cm³/mol. The first-order valence-electron chi connectivity index (χ1n) is 6.50. The quantitative estimate of drug-likeness (QED) is 0.798. The molecule has 0 spiro atoms. The summed E-state index contributed by atoms with van der Waals surface area (Å²) >= 11 is 0. The fraction of sp³-hybridized carbons (Fsp3) is 0.571. The molecule has 1 aliphatic heterocycles. The highest BCUT2D eigenvalue weighted by Gasteiger charge is 2.08. The van der Waals surface area contributed by atoms with Crippen LogP contribution in [0.1, 0.15) is 12.0 Å². The van der Waals surface area contributed by atoms with Gasteiger partial charge in [-0.05, 0) is 25.1 Å². The zero-order valence-corrected chi connectivity index (χ0v) is 12.1. The van der Waals surface area contributed by atoms with Crippen molar-refractivity contribution in [3.63, 3.8) is 0 Å². The van der Waals surface area contributed by atoms with E-state index in [9.17, 15) is 0 Å². The molecule has 2 rings (SSSR count). The van der Waals surface area contributed by atoms with Gasteiger partial charge in [0.05, 0.1) is 13.2 Å². The normalized spacial score (nSPS) is 15.4. The van der Waals surface area contributed by atoms with Crippen LogP contribution in [0, 0.1) is 0 Å². The lowest BCUT2D eigenvalue weighted by Crippen LogP contribution is -2.37. The fourth-order valence-corrected chi connectivity index (χ4v) is 2.08. The van der Waals surface area contributed by atoms with Gasteiger partial charge in [-0.3, -0.25) is 4.90 Å². The predicted octanol–water partition coefficient (Wildman–Crippen LogP) is 1.10. The van der Waals surface area contributed by atoms with Crippen LogP contribution in [0.3, 0.4) is 0 Å². The van der Waals surface area contributed by atoms with Crippen LogP contribution in [0.2, 0.25) is 0 Å². The minimum Gasteiger partial charge on any atom is -0.412 e. The van der Waals surface area contributed by atoms with E-state index in [-0.39, 0.29) is 17.9 Å². The number of benzene rings is 1. The van der Waals surface area contributed by atoms with Crippen molar-refractivity contribution < 1.29 is 10.2 Å². The SMILES string of the molecule is Cl.O.c1ccc(CNCCCN2CCOCC2)cc1. The van der Waals surface area contributed by atoms with E-state index in [2.05, 4.69) is 40.5 Å². The summed E-state index contributed by atoms with van der Waals surface area (Å²) in [6.45, 7) is 7.24. The highest BCUT2D eigenvalue weighted by atomic mass is 35.5. The summed E-state index contributed by atoms with van der Waals surface area (Å²) in [7, 11) is 0. The van der Waals surface area contributed by atoms with E-state index >= 15 is 0 Å². The molecule has 1 saturated heterocycles. The Bertz CT molecular complexity index is 306. The van der Waals surface area contributed by atoms with Crippen LogP contribution in [0.5, 0.6) is 0 Å². The summed E-state index contributed by atoms with van der Waals surface area (Å²) < 4.78 is 5.33. The van der Waals surface area contributed by atoms with Gasteiger partial charge in [0.2, 0.25) is 0 Å². The van der Waals surface area contributed by atoms with E-state index in [1.54, 1.807) is 0 Å². The topological polar surface area (TPSA) is 56.0 Å². The first kappa shape index (κ1) is 18.4. The van der Waals surface area contributed by atoms with Gasteiger partial charge < -0.3 is 15.5 Å². The van der Waals surface area contributed by atoms with Crippen LogP contribution >= 0.6 is 12.4 Å². The molecule has 1 fully saturated rings. The average Bonchev–Trinajstić information content (AvgIpc) is 2.41. The third kappa shape index (κ3) is 7.50. The van der Waals surface area contributed by atoms with Gasteiger partial charge in [-0.1, -0.05) is 30.3 Å². The molecule has 1 aromatic carbocycles. The number of rotatable bonds is 6. The van der Waals surface area contributed by atoms with Crippen molar-refractivity contribution in [2.75, 3.05) is 39.4 Å². The summed E-state index contributed by atoms with van der Waals surface area (Å²) in [4.78, 5) is 2.48. The smallest absolute Gasteiger partial charge is 0.0594 e. The second kappa shape index (κ2) is 11.2. The van der Waals surface area contributed by atoms with Crippen LogP contribution in [-0.4, -0.2) is 49.8 Å². The second-order valence-corrected chi connectivity index (χ2v) is 4.47. The number of nitrogens with zero attached hydrogens (tertiary/aromatic N) is 1. The van der Waals surface area contributed by atoms with Gasteiger partial charge in [-0.15, -0.1) is 12.4 Å². The molecular formula is C14H25ClN2O2. The molecular weight excluding hydrogens is 264 g/mol. The van der Waals surface area contributed by atoms with Gasteiger partial charge in [-0.25, -0.2) is 0 Å². The minimum atomic E-state index is 0. The van der Waals surface area contributed by atoms with Gasteiger partial charge >= 0.3 is 0 Å². The molecule has 0 aromatic heterocycles. The number of ether oxygens (including phenoxy) is 1. The lowest BCUT2D eigenvalue weighted by atomic mass is 10.2. The lowest BCUT2D eigenvalue weighted by molar-refractivity contribution is 0.0374. The van der Waals surface area contributed by atoms with Gasteiger partial charge in [0.25, 0.3) is 0 Å². The molecule has 0 unspecified atom stereocenters. The highest BCUT2D eigenvalue weighted by Crippen LogP contribution is 1.99. The molecule has 110 valence electrons. The largest absolute Gasteiger partial charge is 0.412 e. The molecule has 19 heavy (non-hydrogen) atoms. The zero-order valence-electron chi connectivity index (χ0n) is 11.3.